The fourth-order valence-corrected chi connectivity index (χ4v) is 0.610. The zero-order valence-corrected chi connectivity index (χ0v) is 7.62. The Morgan fingerprint density at radius 1 is 1.54 bits per heavy atom. The number of carbonyl (C=O) groups is 1. The SMILES string of the molecule is COC(=O)CCC#CC[C@@H](O)CO. The van der Waals surface area contributed by atoms with Gasteiger partial charge < -0.3 is 14.9 Å². The lowest BCUT2D eigenvalue weighted by Gasteiger charge is -1.98. The highest BCUT2D eigenvalue weighted by molar-refractivity contribution is 5.69. The minimum absolute atomic E-state index is 0.234. The van der Waals surface area contributed by atoms with Crippen LogP contribution in [0.5, 0.6) is 0 Å². The predicted octanol–water partition coefficient (Wildman–Crippen LogP) is -0.314. The molecule has 0 unspecified atom stereocenters. The zero-order chi connectivity index (χ0) is 10.1. The van der Waals surface area contributed by atoms with Crippen molar-refractivity contribution < 1.29 is 19.7 Å². The Balaban J connectivity index is 3.45. The Labute approximate surface area is 77.5 Å². The van der Waals surface area contributed by atoms with Crippen LogP contribution >= 0.6 is 0 Å². The lowest BCUT2D eigenvalue weighted by molar-refractivity contribution is -0.140. The third-order valence-electron chi connectivity index (χ3n) is 1.36. The molecule has 74 valence electrons. The molecule has 0 bridgehead atoms. The number of aliphatic hydroxyl groups is 2. The molecule has 0 aromatic carbocycles. The van der Waals surface area contributed by atoms with Crippen LogP contribution in [0.2, 0.25) is 0 Å². The third-order valence-corrected chi connectivity index (χ3v) is 1.36. The molecule has 0 rings (SSSR count). The van der Waals surface area contributed by atoms with Gasteiger partial charge in [-0.05, 0) is 0 Å². The Morgan fingerprint density at radius 2 is 2.23 bits per heavy atom. The molecule has 4 heteroatoms. The van der Waals surface area contributed by atoms with Crippen molar-refractivity contribution in [3.05, 3.63) is 0 Å². The van der Waals surface area contributed by atoms with Crippen molar-refractivity contribution in [3.63, 3.8) is 0 Å². The van der Waals surface area contributed by atoms with Crippen LogP contribution in [0.4, 0.5) is 0 Å². The van der Waals surface area contributed by atoms with E-state index in [-0.39, 0.29) is 25.4 Å². The number of carbonyl (C=O) groups excluding carboxylic acids is 1. The Kier molecular flexibility index (Phi) is 6.98. The number of ether oxygens (including phenoxy) is 1. The van der Waals surface area contributed by atoms with E-state index in [1.54, 1.807) is 0 Å². The highest BCUT2D eigenvalue weighted by Gasteiger charge is 1.97. The molecule has 0 aliphatic carbocycles. The molecule has 0 heterocycles. The minimum Gasteiger partial charge on any atom is -0.469 e. The first-order valence-electron chi connectivity index (χ1n) is 4.02. The molecule has 0 saturated heterocycles. The van der Waals surface area contributed by atoms with Crippen LogP contribution in [0, 0.1) is 11.8 Å². The van der Waals surface area contributed by atoms with Crippen LogP contribution in [0.1, 0.15) is 19.3 Å². The lowest BCUT2D eigenvalue weighted by Crippen LogP contribution is -2.09. The molecule has 4 nitrogen and oxygen atoms in total. The summed E-state index contributed by atoms with van der Waals surface area (Å²) in [4.78, 5) is 10.6. The lowest BCUT2D eigenvalue weighted by atomic mass is 10.2. The van der Waals surface area contributed by atoms with Gasteiger partial charge in [-0.1, -0.05) is 0 Å². The molecule has 0 radical (unpaired) electrons. The fourth-order valence-electron chi connectivity index (χ4n) is 0.610. The first-order valence-corrected chi connectivity index (χ1v) is 4.02. The molecule has 0 amide bonds. The monoisotopic (exact) mass is 186 g/mol. The smallest absolute Gasteiger partial charge is 0.306 e. The van der Waals surface area contributed by atoms with Crippen LogP contribution in [0.25, 0.3) is 0 Å². The molecule has 2 N–H and O–H groups in total. The Morgan fingerprint density at radius 3 is 2.77 bits per heavy atom. The zero-order valence-electron chi connectivity index (χ0n) is 7.62. The van der Waals surface area contributed by atoms with Gasteiger partial charge in [0.2, 0.25) is 0 Å². The van der Waals surface area contributed by atoms with E-state index in [0.717, 1.165) is 0 Å². The molecule has 0 aromatic heterocycles. The Hall–Kier alpha value is -1.05. The van der Waals surface area contributed by atoms with E-state index in [1.807, 2.05) is 0 Å². The van der Waals surface area contributed by atoms with Crippen molar-refractivity contribution >= 4 is 5.97 Å². The van der Waals surface area contributed by atoms with E-state index < -0.39 is 6.10 Å². The third kappa shape index (κ3) is 7.32. The summed E-state index contributed by atoms with van der Waals surface area (Å²) in [6, 6.07) is 0. The van der Waals surface area contributed by atoms with Crippen LogP contribution < -0.4 is 0 Å². The van der Waals surface area contributed by atoms with E-state index in [0.29, 0.717) is 6.42 Å². The normalized spacial score (nSPS) is 11.3. The number of methoxy groups -OCH3 is 1. The molecule has 0 fully saturated rings. The molecular weight excluding hydrogens is 172 g/mol. The second kappa shape index (κ2) is 7.59. The number of hydrogen-bond acceptors (Lipinski definition) is 4. The van der Waals surface area contributed by atoms with Crippen molar-refractivity contribution in [2.24, 2.45) is 0 Å². The van der Waals surface area contributed by atoms with Crippen LogP contribution in [-0.4, -0.2) is 36.0 Å². The number of rotatable bonds is 4. The highest BCUT2D eigenvalue weighted by atomic mass is 16.5. The topological polar surface area (TPSA) is 66.8 Å². The van der Waals surface area contributed by atoms with Gasteiger partial charge in [-0.15, -0.1) is 11.8 Å². The van der Waals surface area contributed by atoms with Gasteiger partial charge in [0.05, 0.1) is 26.2 Å². The molecule has 0 spiro atoms. The van der Waals surface area contributed by atoms with E-state index in [2.05, 4.69) is 16.6 Å². The molecule has 0 saturated carbocycles. The van der Waals surface area contributed by atoms with Crippen LogP contribution in [0.3, 0.4) is 0 Å². The van der Waals surface area contributed by atoms with Crippen molar-refractivity contribution in [3.8, 4) is 11.8 Å². The summed E-state index contributed by atoms with van der Waals surface area (Å²) < 4.78 is 4.40. The molecule has 1 atom stereocenters. The summed E-state index contributed by atoms with van der Waals surface area (Å²) in [6.45, 7) is -0.286. The summed E-state index contributed by atoms with van der Waals surface area (Å²) in [6.07, 6.45) is 0.131. The van der Waals surface area contributed by atoms with Crippen molar-refractivity contribution in [2.45, 2.75) is 25.4 Å². The second-order valence-corrected chi connectivity index (χ2v) is 2.47. The van der Waals surface area contributed by atoms with E-state index in [1.165, 1.54) is 7.11 Å². The first kappa shape index (κ1) is 11.9. The molecule has 13 heavy (non-hydrogen) atoms. The average molecular weight is 186 g/mol. The summed E-state index contributed by atoms with van der Waals surface area (Å²) in [7, 11) is 1.32. The summed E-state index contributed by atoms with van der Waals surface area (Å²) in [5, 5.41) is 17.3. The molecule has 0 aliphatic rings. The van der Waals surface area contributed by atoms with Crippen molar-refractivity contribution in [2.75, 3.05) is 13.7 Å². The fraction of sp³-hybridized carbons (Fsp3) is 0.667. The van der Waals surface area contributed by atoms with Gasteiger partial charge in [0.25, 0.3) is 0 Å². The highest BCUT2D eigenvalue weighted by Crippen LogP contribution is 1.91. The van der Waals surface area contributed by atoms with Crippen LogP contribution in [-0.2, 0) is 9.53 Å². The summed E-state index contributed by atoms with van der Waals surface area (Å²) in [5.74, 6) is 5.05. The maximum absolute atomic E-state index is 10.6. The van der Waals surface area contributed by atoms with Gasteiger partial charge in [0, 0.05) is 12.8 Å². The van der Waals surface area contributed by atoms with Crippen LogP contribution in [0.15, 0.2) is 0 Å². The summed E-state index contributed by atoms with van der Waals surface area (Å²) >= 11 is 0. The summed E-state index contributed by atoms with van der Waals surface area (Å²) in [5.41, 5.74) is 0. The average Bonchev–Trinajstić information content (AvgIpc) is 2.16. The molecular formula is C9H14O4. The first-order chi connectivity index (χ1) is 6.20. The number of aliphatic hydroxyl groups excluding tert-OH is 2. The van der Waals surface area contributed by atoms with Gasteiger partial charge in [-0.25, -0.2) is 0 Å². The molecule has 0 aliphatic heterocycles. The van der Waals surface area contributed by atoms with E-state index >= 15 is 0 Å². The van der Waals surface area contributed by atoms with Gasteiger partial charge in [-0.2, -0.15) is 0 Å². The predicted molar refractivity (Wildman–Crippen MR) is 46.7 cm³/mol. The van der Waals surface area contributed by atoms with Gasteiger partial charge in [0.15, 0.2) is 0 Å². The maximum Gasteiger partial charge on any atom is 0.306 e. The van der Waals surface area contributed by atoms with Crippen molar-refractivity contribution in [1.82, 2.24) is 0 Å². The van der Waals surface area contributed by atoms with Gasteiger partial charge in [0.1, 0.15) is 0 Å². The minimum atomic E-state index is -0.786. The number of esters is 1. The maximum atomic E-state index is 10.6. The standard InChI is InChI=1S/C9H14O4/c1-13-9(12)6-4-2-3-5-8(11)7-10/h8,10-11H,4-7H2,1H3/t8-/m1/s1. The largest absolute Gasteiger partial charge is 0.469 e. The molecule has 0 aromatic rings. The van der Waals surface area contributed by atoms with Crippen molar-refractivity contribution in [1.29, 1.82) is 0 Å². The van der Waals surface area contributed by atoms with E-state index in [9.17, 15) is 4.79 Å². The Bertz CT molecular complexity index is 201. The van der Waals surface area contributed by atoms with Gasteiger partial charge >= 0.3 is 5.97 Å². The second-order valence-electron chi connectivity index (χ2n) is 2.47. The quantitative estimate of drug-likeness (QED) is 0.466. The number of hydrogen-bond donors (Lipinski definition) is 2. The van der Waals surface area contributed by atoms with E-state index in [4.69, 9.17) is 10.2 Å². The van der Waals surface area contributed by atoms with Gasteiger partial charge in [-0.3, -0.25) is 4.79 Å².